The van der Waals surface area contributed by atoms with Gasteiger partial charge in [0.25, 0.3) is 0 Å². The van der Waals surface area contributed by atoms with Gasteiger partial charge in [0.2, 0.25) is 10.0 Å². The van der Waals surface area contributed by atoms with Crippen LogP contribution in [0.1, 0.15) is 24.1 Å². The van der Waals surface area contributed by atoms with Gasteiger partial charge < -0.3 is 0 Å². The summed E-state index contributed by atoms with van der Waals surface area (Å²) in [5.41, 5.74) is 1.71. The zero-order valence-corrected chi connectivity index (χ0v) is 14.6. The van der Waals surface area contributed by atoms with Crippen LogP contribution >= 0.6 is 15.9 Å². The highest BCUT2D eigenvalue weighted by Gasteiger charge is 2.27. The molecular formula is C16H18BrNO2S. The SMILES string of the molecule is Cc1ccc(Br)cc1S(=O)(=O)N(C)[C@H](C)c1ccccc1. The summed E-state index contributed by atoms with van der Waals surface area (Å²) < 4.78 is 27.8. The summed E-state index contributed by atoms with van der Waals surface area (Å²) in [7, 11) is -1.92. The minimum Gasteiger partial charge on any atom is -0.207 e. The van der Waals surface area contributed by atoms with E-state index >= 15 is 0 Å². The van der Waals surface area contributed by atoms with Crippen molar-refractivity contribution in [3.63, 3.8) is 0 Å². The standard InChI is InChI=1S/C16H18BrNO2S/c1-12-9-10-15(17)11-16(12)21(19,20)18(3)13(2)14-7-5-4-6-8-14/h4-11,13H,1-3H3/t13-/m1/s1. The van der Waals surface area contributed by atoms with Gasteiger partial charge in [0.05, 0.1) is 4.90 Å². The summed E-state index contributed by atoms with van der Waals surface area (Å²) in [6.07, 6.45) is 0. The van der Waals surface area contributed by atoms with Gasteiger partial charge in [-0.2, -0.15) is 4.31 Å². The van der Waals surface area contributed by atoms with E-state index in [1.165, 1.54) is 4.31 Å². The van der Waals surface area contributed by atoms with E-state index in [4.69, 9.17) is 0 Å². The normalized spacial score (nSPS) is 13.4. The molecule has 1 atom stereocenters. The second kappa shape index (κ2) is 6.30. The van der Waals surface area contributed by atoms with E-state index in [1.54, 1.807) is 26.1 Å². The predicted octanol–water partition coefficient (Wildman–Crippen LogP) is 4.14. The maximum absolute atomic E-state index is 12.8. The summed E-state index contributed by atoms with van der Waals surface area (Å²) in [6, 6.07) is 14.7. The molecule has 2 rings (SSSR count). The van der Waals surface area contributed by atoms with E-state index in [0.717, 1.165) is 15.6 Å². The van der Waals surface area contributed by atoms with Crippen LogP contribution in [0.2, 0.25) is 0 Å². The molecule has 0 aromatic heterocycles. The van der Waals surface area contributed by atoms with Gasteiger partial charge in [0, 0.05) is 17.6 Å². The van der Waals surface area contributed by atoms with E-state index in [9.17, 15) is 8.42 Å². The molecule has 0 unspecified atom stereocenters. The average Bonchev–Trinajstić information content (AvgIpc) is 2.49. The van der Waals surface area contributed by atoms with Gasteiger partial charge in [-0.25, -0.2) is 8.42 Å². The Labute approximate surface area is 134 Å². The van der Waals surface area contributed by atoms with Crippen molar-refractivity contribution in [2.45, 2.75) is 24.8 Å². The third-order valence-corrected chi connectivity index (χ3v) is 6.20. The third-order valence-electron chi connectivity index (χ3n) is 3.63. The molecule has 0 fully saturated rings. The number of sulfonamides is 1. The number of hydrogen-bond acceptors (Lipinski definition) is 2. The summed E-state index contributed by atoms with van der Waals surface area (Å²) >= 11 is 3.34. The molecule has 21 heavy (non-hydrogen) atoms. The third kappa shape index (κ3) is 3.36. The van der Waals surface area contributed by atoms with Crippen LogP contribution in [0.3, 0.4) is 0 Å². The van der Waals surface area contributed by atoms with Gasteiger partial charge in [-0.1, -0.05) is 52.3 Å². The fourth-order valence-electron chi connectivity index (χ4n) is 2.16. The highest BCUT2D eigenvalue weighted by atomic mass is 79.9. The van der Waals surface area contributed by atoms with E-state index in [-0.39, 0.29) is 6.04 Å². The zero-order valence-electron chi connectivity index (χ0n) is 12.2. The van der Waals surface area contributed by atoms with Gasteiger partial charge in [0.1, 0.15) is 0 Å². The molecule has 112 valence electrons. The fraction of sp³-hybridized carbons (Fsp3) is 0.250. The molecule has 5 heteroatoms. The van der Waals surface area contributed by atoms with Crippen molar-refractivity contribution in [1.82, 2.24) is 4.31 Å². The first-order valence-electron chi connectivity index (χ1n) is 6.63. The lowest BCUT2D eigenvalue weighted by molar-refractivity contribution is 0.398. The van der Waals surface area contributed by atoms with Crippen molar-refractivity contribution in [2.24, 2.45) is 0 Å². The maximum Gasteiger partial charge on any atom is 0.243 e. The molecule has 0 aliphatic heterocycles. The first-order valence-corrected chi connectivity index (χ1v) is 8.86. The van der Waals surface area contributed by atoms with Gasteiger partial charge in [-0.3, -0.25) is 0 Å². The van der Waals surface area contributed by atoms with Crippen LogP contribution < -0.4 is 0 Å². The Morgan fingerprint density at radius 3 is 2.33 bits per heavy atom. The van der Waals surface area contributed by atoms with Crippen LogP contribution in [-0.4, -0.2) is 19.8 Å². The lowest BCUT2D eigenvalue weighted by Crippen LogP contribution is -2.30. The zero-order chi connectivity index (χ0) is 15.6. The molecule has 0 heterocycles. The smallest absolute Gasteiger partial charge is 0.207 e. The second-order valence-electron chi connectivity index (χ2n) is 5.02. The van der Waals surface area contributed by atoms with Crippen LogP contribution in [0, 0.1) is 6.92 Å². The molecule has 0 N–H and O–H groups in total. The molecular weight excluding hydrogens is 350 g/mol. The molecule has 0 spiro atoms. The molecule has 0 bridgehead atoms. The van der Waals surface area contributed by atoms with Crippen LogP contribution in [-0.2, 0) is 10.0 Å². The topological polar surface area (TPSA) is 37.4 Å². The van der Waals surface area contributed by atoms with Crippen molar-refractivity contribution >= 4 is 26.0 Å². The molecule has 3 nitrogen and oxygen atoms in total. The quantitative estimate of drug-likeness (QED) is 0.814. The van der Waals surface area contributed by atoms with Gasteiger partial charge in [0.15, 0.2) is 0 Å². The highest BCUT2D eigenvalue weighted by molar-refractivity contribution is 9.10. The summed E-state index contributed by atoms with van der Waals surface area (Å²) in [5.74, 6) is 0. The lowest BCUT2D eigenvalue weighted by Gasteiger charge is -2.25. The molecule has 0 aliphatic carbocycles. The molecule has 2 aromatic rings. The minimum atomic E-state index is -3.54. The second-order valence-corrected chi connectivity index (χ2v) is 7.90. The van der Waals surface area contributed by atoms with Crippen molar-refractivity contribution in [3.8, 4) is 0 Å². The number of halogens is 1. The van der Waals surface area contributed by atoms with Gasteiger partial charge in [-0.05, 0) is 37.1 Å². The van der Waals surface area contributed by atoms with Crippen LogP contribution in [0.25, 0.3) is 0 Å². The molecule has 0 aliphatic rings. The Balaban J connectivity index is 2.41. The number of hydrogen-bond donors (Lipinski definition) is 0. The minimum absolute atomic E-state index is 0.227. The van der Waals surface area contributed by atoms with Crippen LogP contribution in [0.15, 0.2) is 57.9 Å². The maximum atomic E-state index is 12.8. The van der Waals surface area contributed by atoms with Gasteiger partial charge >= 0.3 is 0 Å². The average molecular weight is 368 g/mol. The summed E-state index contributed by atoms with van der Waals surface area (Å²) in [5, 5.41) is 0. The van der Waals surface area contributed by atoms with Crippen molar-refractivity contribution in [3.05, 3.63) is 64.1 Å². The van der Waals surface area contributed by atoms with E-state index in [2.05, 4.69) is 15.9 Å². The van der Waals surface area contributed by atoms with Crippen molar-refractivity contribution in [2.75, 3.05) is 7.05 Å². The Kier molecular flexibility index (Phi) is 4.86. The van der Waals surface area contributed by atoms with Crippen molar-refractivity contribution < 1.29 is 8.42 Å². The molecule has 2 aromatic carbocycles. The molecule has 0 radical (unpaired) electrons. The monoisotopic (exact) mass is 367 g/mol. The number of aryl methyl sites for hydroxylation is 1. The first kappa shape index (κ1) is 16.2. The molecule has 0 amide bonds. The Bertz CT molecular complexity index is 729. The molecule has 0 saturated heterocycles. The van der Waals surface area contributed by atoms with Gasteiger partial charge in [-0.15, -0.1) is 0 Å². The number of rotatable bonds is 4. The number of nitrogens with zero attached hydrogens (tertiary/aromatic N) is 1. The number of benzene rings is 2. The predicted molar refractivity (Wildman–Crippen MR) is 88.7 cm³/mol. The first-order chi connectivity index (χ1) is 9.84. The van der Waals surface area contributed by atoms with E-state index in [1.807, 2.05) is 43.3 Å². The van der Waals surface area contributed by atoms with E-state index in [0.29, 0.717) is 4.90 Å². The Morgan fingerprint density at radius 1 is 1.10 bits per heavy atom. The van der Waals surface area contributed by atoms with Crippen molar-refractivity contribution in [1.29, 1.82) is 0 Å². The summed E-state index contributed by atoms with van der Waals surface area (Å²) in [6.45, 7) is 3.69. The molecule has 0 saturated carbocycles. The highest BCUT2D eigenvalue weighted by Crippen LogP contribution is 2.28. The van der Waals surface area contributed by atoms with Crippen LogP contribution in [0.4, 0.5) is 0 Å². The Morgan fingerprint density at radius 2 is 1.71 bits per heavy atom. The van der Waals surface area contributed by atoms with E-state index < -0.39 is 10.0 Å². The lowest BCUT2D eigenvalue weighted by atomic mass is 10.1. The van der Waals surface area contributed by atoms with Crippen LogP contribution in [0.5, 0.6) is 0 Å². The Hall–Kier alpha value is -1.17. The fourth-order valence-corrected chi connectivity index (χ4v) is 4.27. The largest absolute Gasteiger partial charge is 0.243 e. The summed E-state index contributed by atoms with van der Waals surface area (Å²) in [4.78, 5) is 0.335.